The highest BCUT2D eigenvalue weighted by Crippen LogP contribution is 2.29. The monoisotopic (exact) mass is 364 g/mol. The molecule has 0 radical (unpaired) electrons. The Balaban J connectivity index is 1.58. The van der Waals surface area contributed by atoms with E-state index in [4.69, 9.17) is 0 Å². The topological polar surface area (TPSA) is 58.1 Å². The van der Waals surface area contributed by atoms with Crippen molar-refractivity contribution in [1.29, 1.82) is 0 Å². The first kappa shape index (κ1) is 18.2. The first-order valence-electron chi connectivity index (χ1n) is 8.38. The van der Waals surface area contributed by atoms with Gasteiger partial charge in [-0.1, -0.05) is 6.07 Å². The lowest BCUT2D eigenvalue weighted by atomic mass is 10.0. The molecule has 0 saturated carbocycles. The molecule has 1 fully saturated rings. The summed E-state index contributed by atoms with van der Waals surface area (Å²) >= 11 is 0. The third-order valence-electron chi connectivity index (χ3n) is 4.27. The number of carbonyl (C=O) groups is 1. The molecule has 1 N–H and O–H groups in total. The van der Waals surface area contributed by atoms with Crippen LogP contribution in [0.5, 0.6) is 0 Å². The maximum atomic E-state index is 12.6. The van der Waals surface area contributed by atoms with Crippen molar-refractivity contribution in [3.8, 4) is 0 Å². The number of alkyl halides is 3. The second kappa shape index (κ2) is 7.72. The number of halogens is 3. The highest BCUT2D eigenvalue weighted by molar-refractivity contribution is 5.78. The van der Waals surface area contributed by atoms with Gasteiger partial charge >= 0.3 is 6.18 Å². The Labute approximate surface area is 149 Å². The van der Waals surface area contributed by atoms with Gasteiger partial charge in [-0.05, 0) is 36.6 Å². The largest absolute Gasteiger partial charge is 0.417 e. The summed E-state index contributed by atoms with van der Waals surface area (Å²) in [6.07, 6.45) is 1.67. The Morgan fingerprint density at radius 3 is 2.77 bits per heavy atom. The van der Waals surface area contributed by atoms with Crippen LogP contribution in [0.4, 0.5) is 19.0 Å². The Morgan fingerprint density at radius 2 is 2.12 bits per heavy atom. The Kier molecular flexibility index (Phi) is 5.39. The number of nitrogens with one attached hydrogen (secondary N) is 1. The standard InChI is InChI=1S/C18H19F3N4O/c19-18(20,21)14-5-6-16(23-11-14)25-8-2-4-15(12-25)24-17(26)9-13-3-1-7-22-10-13/h1,3,5-7,10-11,15H,2,4,8-9,12H2,(H,24,26)/t15-/m1/s1. The Bertz CT molecular complexity index is 734. The molecule has 2 aromatic rings. The first-order valence-corrected chi connectivity index (χ1v) is 8.38. The Hall–Kier alpha value is -2.64. The summed E-state index contributed by atoms with van der Waals surface area (Å²) in [4.78, 5) is 22.0. The molecule has 3 rings (SSSR count). The van der Waals surface area contributed by atoms with Crippen LogP contribution in [0.3, 0.4) is 0 Å². The third-order valence-corrected chi connectivity index (χ3v) is 4.27. The van der Waals surface area contributed by atoms with E-state index >= 15 is 0 Å². The number of aromatic nitrogens is 2. The SMILES string of the molecule is O=C(Cc1cccnc1)N[C@@H]1CCCN(c2ccc(C(F)(F)F)cn2)C1. The van der Waals surface area contributed by atoms with E-state index in [2.05, 4.69) is 15.3 Å². The second-order valence-electron chi connectivity index (χ2n) is 6.29. The van der Waals surface area contributed by atoms with Crippen LogP contribution in [0, 0.1) is 0 Å². The fourth-order valence-corrected chi connectivity index (χ4v) is 3.01. The van der Waals surface area contributed by atoms with Crippen LogP contribution in [0.25, 0.3) is 0 Å². The van der Waals surface area contributed by atoms with Gasteiger partial charge in [0.15, 0.2) is 0 Å². The van der Waals surface area contributed by atoms with E-state index in [0.29, 0.717) is 18.9 Å². The van der Waals surface area contributed by atoms with Crippen molar-refractivity contribution >= 4 is 11.7 Å². The van der Waals surface area contributed by atoms with E-state index in [-0.39, 0.29) is 18.4 Å². The maximum Gasteiger partial charge on any atom is 0.417 e. The highest BCUT2D eigenvalue weighted by Gasteiger charge is 2.31. The first-order chi connectivity index (χ1) is 12.4. The van der Waals surface area contributed by atoms with E-state index in [1.54, 1.807) is 18.5 Å². The number of anilines is 1. The van der Waals surface area contributed by atoms with Gasteiger partial charge in [-0.25, -0.2) is 4.98 Å². The molecule has 3 heterocycles. The zero-order valence-corrected chi connectivity index (χ0v) is 14.0. The van der Waals surface area contributed by atoms with Gasteiger partial charge < -0.3 is 10.2 Å². The lowest BCUT2D eigenvalue weighted by molar-refractivity contribution is -0.137. The molecule has 0 bridgehead atoms. The molecule has 26 heavy (non-hydrogen) atoms. The average Bonchev–Trinajstić information content (AvgIpc) is 2.62. The summed E-state index contributed by atoms with van der Waals surface area (Å²) in [5.41, 5.74) is 0.0710. The van der Waals surface area contributed by atoms with E-state index in [0.717, 1.165) is 30.7 Å². The third kappa shape index (κ3) is 4.71. The second-order valence-corrected chi connectivity index (χ2v) is 6.29. The minimum atomic E-state index is -4.39. The van der Waals surface area contributed by atoms with Crippen LogP contribution in [-0.4, -0.2) is 35.0 Å². The van der Waals surface area contributed by atoms with Crippen molar-refractivity contribution in [3.05, 3.63) is 54.0 Å². The van der Waals surface area contributed by atoms with Gasteiger partial charge in [-0.2, -0.15) is 13.2 Å². The summed E-state index contributed by atoms with van der Waals surface area (Å²) in [5, 5.41) is 2.99. The molecule has 5 nitrogen and oxygen atoms in total. The summed E-state index contributed by atoms with van der Waals surface area (Å²) in [7, 11) is 0. The number of piperidine rings is 1. The molecule has 1 atom stereocenters. The lowest BCUT2D eigenvalue weighted by Gasteiger charge is -2.34. The molecule has 1 aliphatic heterocycles. The molecule has 0 aromatic carbocycles. The van der Waals surface area contributed by atoms with Gasteiger partial charge in [-0.15, -0.1) is 0 Å². The molecule has 0 unspecified atom stereocenters. The van der Waals surface area contributed by atoms with Crippen LogP contribution in [-0.2, 0) is 17.4 Å². The number of hydrogen-bond donors (Lipinski definition) is 1. The quantitative estimate of drug-likeness (QED) is 0.906. The number of rotatable bonds is 4. The van der Waals surface area contributed by atoms with Gasteiger partial charge in [0, 0.05) is 37.7 Å². The van der Waals surface area contributed by atoms with Gasteiger partial charge in [0.2, 0.25) is 5.91 Å². The molecule has 8 heteroatoms. The fraction of sp³-hybridized carbons (Fsp3) is 0.389. The van der Waals surface area contributed by atoms with Gasteiger partial charge in [0.05, 0.1) is 12.0 Å². The van der Waals surface area contributed by atoms with E-state index in [9.17, 15) is 18.0 Å². The minimum Gasteiger partial charge on any atom is -0.355 e. The van der Waals surface area contributed by atoms with Crippen molar-refractivity contribution in [2.45, 2.75) is 31.5 Å². The molecule has 0 aliphatic carbocycles. The molecular formula is C18H19F3N4O. The lowest BCUT2D eigenvalue weighted by Crippen LogP contribution is -2.48. The van der Waals surface area contributed by atoms with Gasteiger partial charge in [0.25, 0.3) is 0 Å². The van der Waals surface area contributed by atoms with Crippen LogP contribution >= 0.6 is 0 Å². The number of pyridine rings is 2. The van der Waals surface area contributed by atoms with Crippen molar-refractivity contribution in [1.82, 2.24) is 15.3 Å². The van der Waals surface area contributed by atoms with Crippen LogP contribution in [0.1, 0.15) is 24.0 Å². The van der Waals surface area contributed by atoms with Gasteiger partial charge in [-0.3, -0.25) is 9.78 Å². The zero-order valence-electron chi connectivity index (χ0n) is 14.0. The number of carbonyl (C=O) groups excluding carboxylic acids is 1. The van der Waals surface area contributed by atoms with Gasteiger partial charge in [0.1, 0.15) is 5.82 Å². The average molecular weight is 364 g/mol. The Morgan fingerprint density at radius 1 is 1.27 bits per heavy atom. The van der Waals surface area contributed by atoms with Crippen molar-refractivity contribution in [3.63, 3.8) is 0 Å². The summed E-state index contributed by atoms with van der Waals surface area (Å²) in [6, 6.07) is 5.97. The van der Waals surface area contributed by atoms with E-state index in [1.807, 2.05) is 11.0 Å². The van der Waals surface area contributed by atoms with Crippen LogP contribution in [0.2, 0.25) is 0 Å². The van der Waals surface area contributed by atoms with Crippen molar-refractivity contribution < 1.29 is 18.0 Å². The molecule has 1 saturated heterocycles. The molecule has 138 valence electrons. The van der Waals surface area contributed by atoms with E-state index < -0.39 is 11.7 Å². The molecule has 1 aliphatic rings. The smallest absolute Gasteiger partial charge is 0.355 e. The number of nitrogens with zero attached hydrogens (tertiary/aromatic N) is 3. The predicted molar refractivity (Wildman–Crippen MR) is 90.6 cm³/mol. The molecular weight excluding hydrogens is 345 g/mol. The zero-order chi connectivity index (χ0) is 18.6. The normalized spacial score (nSPS) is 17.8. The summed E-state index contributed by atoms with van der Waals surface area (Å²) < 4.78 is 37.9. The summed E-state index contributed by atoms with van der Waals surface area (Å²) in [6.45, 7) is 1.23. The maximum absolute atomic E-state index is 12.6. The predicted octanol–water partition coefficient (Wildman–Crippen LogP) is 2.82. The van der Waals surface area contributed by atoms with Crippen molar-refractivity contribution in [2.75, 3.05) is 18.0 Å². The van der Waals surface area contributed by atoms with E-state index in [1.165, 1.54) is 6.07 Å². The van der Waals surface area contributed by atoms with Crippen molar-refractivity contribution in [2.24, 2.45) is 0 Å². The number of hydrogen-bond acceptors (Lipinski definition) is 4. The highest BCUT2D eigenvalue weighted by atomic mass is 19.4. The fourth-order valence-electron chi connectivity index (χ4n) is 3.01. The molecule has 0 spiro atoms. The minimum absolute atomic E-state index is 0.0583. The number of amides is 1. The molecule has 1 amide bonds. The molecule has 2 aromatic heterocycles. The summed E-state index contributed by atoms with van der Waals surface area (Å²) in [5.74, 6) is 0.398. The van der Waals surface area contributed by atoms with Crippen LogP contribution < -0.4 is 10.2 Å². The van der Waals surface area contributed by atoms with Crippen LogP contribution in [0.15, 0.2) is 42.9 Å².